The molecule has 2 aromatic heterocycles. The van der Waals surface area contributed by atoms with Crippen LogP contribution in [0.5, 0.6) is 0 Å². The van der Waals surface area contributed by atoms with Crippen LogP contribution in [-0.4, -0.2) is 28.5 Å². The van der Waals surface area contributed by atoms with Crippen LogP contribution in [0.25, 0.3) is 16.9 Å². The van der Waals surface area contributed by atoms with Crippen molar-refractivity contribution in [1.29, 1.82) is 0 Å². The number of anilines is 3. The molecular formula is C20H18FN5. The molecule has 0 atom stereocenters. The zero-order chi connectivity index (χ0) is 18.1. The maximum atomic E-state index is 13.2. The third-order valence-electron chi connectivity index (χ3n) is 4.19. The van der Waals surface area contributed by atoms with Gasteiger partial charge >= 0.3 is 0 Å². The fraction of sp³-hybridized carbons (Fsp3) is 0.100. The molecule has 1 N–H and O–H groups in total. The Morgan fingerprint density at radius 2 is 1.73 bits per heavy atom. The predicted molar refractivity (Wildman–Crippen MR) is 102 cm³/mol. The standard InChI is InChI=1S/C20H18FN5/c1-25(2)17-9-3-14(4-10-17)19-20(23-16-7-5-15(21)6-8-16)26-12-11-22-13-18(26)24-19/h3-13,23H,1-2H3. The number of nitrogens with one attached hydrogen (secondary N) is 1. The molecule has 0 bridgehead atoms. The summed E-state index contributed by atoms with van der Waals surface area (Å²) in [6.07, 6.45) is 5.28. The van der Waals surface area contributed by atoms with Crippen LogP contribution in [0, 0.1) is 5.82 Å². The Morgan fingerprint density at radius 3 is 2.42 bits per heavy atom. The molecule has 5 nitrogen and oxygen atoms in total. The summed E-state index contributed by atoms with van der Waals surface area (Å²) in [5, 5.41) is 3.35. The predicted octanol–water partition coefficient (Wildman–Crippen LogP) is 4.35. The number of fused-ring (bicyclic) bond motifs is 1. The Hall–Kier alpha value is -3.41. The second-order valence-corrected chi connectivity index (χ2v) is 6.19. The van der Waals surface area contributed by atoms with Crippen molar-refractivity contribution >= 4 is 22.8 Å². The number of halogens is 1. The minimum atomic E-state index is -0.266. The maximum absolute atomic E-state index is 13.2. The molecule has 0 aliphatic rings. The molecule has 26 heavy (non-hydrogen) atoms. The highest BCUT2D eigenvalue weighted by atomic mass is 19.1. The summed E-state index contributed by atoms with van der Waals surface area (Å²) in [5.41, 5.74) is 4.45. The largest absolute Gasteiger partial charge is 0.378 e. The quantitative estimate of drug-likeness (QED) is 0.596. The molecule has 0 radical (unpaired) electrons. The van der Waals surface area contributed by atoms with E-state index in [1.54, 1.807) is 24.5 Å². The van der Waals surface area contributed by atoms with Crippen molar-refractivity contribution in [3.8, 4) is 11.3 Å². The molecule has 0 unspecified atom stereocenters. The third kappa shape index (κ3) is 2.97. The van der Waals surface area contributed by atoms with Gasteiger partial charge in [-0.3, -0.25) is 9.38 Å². The van der Waals surface area contributed by atoms with E-state index in [0.717, 1.165) is 34.1 Å². The van der Waals surface area contributed by atoms with Gasteiger partial charge < -0.3 is 10.2 Å². The lowest BCUT2D eigenvalue weighted by Crippen LogP contribution is -2.07. The minimum absolute atomic E-state index is 0.266. The fourth-order valence-electron chi connectivity index (χ4n) is 2.81. The zero-order valence-corrected chi connectivity index (χ0v) is 14.5. The van der Waals surface area contributed by atoms with Crippen LogP contribution in [0.4, 0.5) is 21.6 Å². The van der Waals surface area contributed by atoms with E-state index < -0.39 is 0 Å². The molecule has 0 aliphatic heterocycles. The van der Waals surface area contributed by atoms with Gasteiger partial charge in [-0.1, -0.05) is 12.1 Å². The highest BCUT2D eigenvalue weighted by Gasteiger charge is 2.14. The van der Waals surface area contributed by atoms with Gasteiger partial charge in [0, 0.05) is 43.4 Å². The Balaban J connectivity index is 1.82. The summed E-state index contributed by atoms with van der Waals surface area (Å²) in [6, 6.07) is 14.5. The van der Waals surface area contributed by atoms with Gasteiger partial charge in [0.25, 0.3) is 0 Å². The highest BCUT2D eigenvalue weighted by Crippen LogP contribution is 2.31. The van der Waals surface area contributed by atoms with Crippen LogP contribution < -0.4 is 10.2 Å². The number of imidazole rings is 1. The van der Waals surface area contributed by atoms with Gasteiger partial charge in [0.05, 0.1) is 6.20 Å². The van der Waals surface area contributed by atoms with E-state index in [-0.39, 0.29) is 5.82 Å². The number of hydrogen-bond acceptors (Lipinski definition) is 4. The molecule has 6 heteroatoms. The molecule has 0 spiro atoms. The van der Waals surface area contributed by atoms with Crippen molar-refractivity contribution < 1.29 is 4.39 Å². The first-order valence-electron chi connectivity index (χ1n) is 8.24. The van der Waals surface area contributed by atoms with Crippen LogP contribution >= 0.6 is 0 Å². The van der Waals surface area contributed by atoms with E-state index in [0.29, 0.717) is 0 Å². The third-order valence-corrected chi connectivity index (χ3v) is 4.19. The molecule has 4 aromatic rings. The fourth-order valence-corrected chi connectivity index (χ4v) is 2.81. The molecule has 0 amide bonds. The molecule has 0 saturated carbocycles. The lowest BCUT2D eigenvalue weighted by atomic mass is 10.1. The summed E-state index contributed by atoms with van der Waals surface area (Å²) in [7, 11) is 4.01. The molecule has 4 rings (SSSR count). The molecule has 2 heterocycles. The first-order valence-corrected chi connectivity index (χ1v) is 8.24. The minimum Gasteiger partial charge on any atom is -0.378 e. The summed E-state index contributed by atoms with van der Waals surface area (Å²) in [4.78, 5) is 10.9. The zero-order valence-electron chi connectivity index (χ0n) is 14.5. The number of benzene rings is 2. The lowest BCUT2D eigenvalue weighted by molar-refractivity contribution is 0.628. The van der Waals surface area contributed by atoms with Crippen LogP contribution in [0.15, 0.2) is 67.1 Å². The van der Waals surface area contributed by atoms with Crippen molar-refractivity contribution in [2.45, 2.75) is 0 Å². The van der Waals surface area contributed by atoms with Crippen molar-refractivity contribution in [3.05, 3.63) is 72.9 Å². The van der Waals surface area contributed by atoms with E-state index in [1.807, 2.05) is 36.8 Å². The van der Waals surface area contributed by atoms with E-state index in [9.17, 15) is 4.39 Å². The number of hydrogen-bond donors (Lipinski definition) is 1. The van der Waals surface area contributed by atoms with Crippen LogP contribution in [0.2, 0.25) is 0 Å². The summed E-state index contributed by atoms with van der Waals surface area (Å²) in [6.45, 7) is 0. The smallest absolute Gasteiger partial charge is 0.157 e. The van der Waals surface area contributed by atoms with Crippen molar-refractivity contribution in [2.24, 2.45) is 0 Å². The van der Waals surface area contributed by atoms with Crippen molar-refractivity contribution in [2.75, 3.05) is 24.3 Å². The summed E-state index contributed by atoms with van der Waals surface area (Å²) < 4.78 is 15.1. The van der Waals surface area contributed by atoms with Crippen LogP contribution in [-0.2, 0) is 0 Å². The van der Waals surface area contributed by atoms with Crippen molar-refractivity contribution in [3.63, 3.8) is 0 Å². The Bertz CT molecular complexity index is 1040. The van der Waals surface area contributed by atoms with E-state index >= 15 is 0 Å². The number of aromatic nitrogens is 3. The van der Waals surface area contributed by atoms with E-state index in [1.165, 1.54) is 12.1 Å². The first-order chi connectivity index (χ1) is 12.6. The average Bonchev–Trinajstić information content (AvgIpc) is 3.02. The molecule has 0 saturated heterocycles. The van der Waals surface area contributed by atoms with Gasteiger partial charge in [-0.05, 0) is 36.4 Å². The Labute approximate surface area is 150 Å². The SMILES string of the molecule is CN(C)c1ccc(-c2nc3cnccn3c2Nc2ccc(F)cc2)cc1. The van der Waals surface area contributed by atoms with Gasteiger partial charge in [0.2, 0.25) is 0 Å². The van der Waals surface area contributed by atoms with Gasteiger partial charge in [0.15, 0.2) is 5.65 Å². The molecular weight excluding hydrogens is 329 g/mol. The highest BCUT2D eigenvalue weighted by molar-refractivity contribution is 5.80. The van der Waals surface area contributed by atoms with Gasteiger partial charge in [0.1, 0.15) is 17.3 Å². The van der Waals surface area contributed by atoms with Crippen molar-refractivity contribution in [1.82, 2.24) is 14.4 Å². The lowest BCUT2D eigenvalue weighted by Gasteiger charge is -2.13. The topological polar surface area (TPSA) is 45.5 Å². The second kappa shape index (κ2) is 6.48. The van der Waals surface area contributed by atoms with Gasteiger partial charge in [-0.15, -0.1) is 0 Å². The maximum Gasteiger partial charge on any atom is 0.157 e. The van der Waals surface area contributed by atoms with Crippen LogP contribution in [0.3, 0.4) is 0 Å². The van der Waals surface area contributed by atoms with E-state index in [4.69, 9.17) is 4.98 Å². The van der Waals surface area contributed by atoms with Crippen LogP contribution in [0.1, 0.15) is 0 Å². The number of nitrogens with zero attached hydrogens (tertiary/aromatic N) is 4. The average molecular weight is 347 g/mol. The molecule has 0 aliphatic carbocycles. The van der Waals surface area contributed by atoms with E-state index in [2.05, 4.69) is 27.3 Å². The molecule has 2 aromatic carbocycles. The second-order valence-electron chi connectivity index (χ2n) is 6.19. The van der Waals surface area contributed by atoms with Gasteiger partial charge in [-0.25, -0.2) is 9.37 Å². The summed E-state index contributed by atoms with van der Waals surface area (Å²) in [5.74, 6) is 0.545. The Kier molecular flexibility index (Phi) is 4.01. The first kappa shape index (κ1) is 16.1. The Morgan fingerprint density at radius 1 is 1.00 bits per heavy atom. The van der Waals surface area contributed by atoms with Gasteiger partial charge in [-0.2, -0.15) is 0 Å². The number of rotatable bonds is 4. The normalized spacial score (nSPS) is 10.9. The molecule has 130 valence electrons. The summed E-state index contributed by atoms with van der Waals surface area (Å²) >= 11 is 0. The monoisotopic (exact) mass is 347 g/mol. The molecule has 0 fully saturated rings.